The number of rotatable bonds is 3. The second-order valence-corrected chi connectivity index (χ2v) is 6.42. The van der Waals surface area contributed by atoms with Gasteiger partial charge in [-0.1, -0.05) is 37.3 Å². The highest BCUT2D eigenvalue weighted by atomic mass is 16.5. The van der Waals surface area contributed by atoms with Gasteiger partial charge in [0.05, 0.1) is 5.60 Å². The summed E-state index contributed by atoms with van der Waals surface area (Å²) in [7, 11) is 0. The van der Waals surface area contributed by atoms with Crippen LogP contribution in [0.1, 0.15) is 43.0 Å². The highest BCUT2D eigenvalue weighted by molar-refractivity contribution is 5.97. The van der Waals surface area contributed by atoms with Crippen molar-refractivity contribution in [1.82, 2.24) is 0 Å². The standard InChI is InChI=1S/C18H24O3/c1-14(17(19)15-5-3-2-4-6-15)16-7-10-21-18(13-16)8-11-20-12-9-18/h2-6,14,16H,7-13H2,1H3. The maximum atomic E-state index is 12.6. The van der Waals surface area contributed by atoms with E-state index in [-0.39, 0.29) is 17.3 Å². The van der Waals surface area contributed by atoms with E-state index in [4.69, 9.17) is 9.47 Å². The van der Waals surface area contributed by atoms with Gasteiger partial charge in [-0.25, -0.2) is 0 Å². The molecule has 1 spiro atoms. The molecule has 2 unspecified atom stereocenters. The minimum atomic E-state index is -0.0353. The Balaban J connectivity index is 1.69. The van der Waals surface area contributed by atoms with E-state index in [1.807, 2.05) is 30.3 Å². The smallest absolute Gasteiger partial charge is 0.165 e. The first-order valence-electron chi connectivity index (χ1n) is 8.01. The van der Waals surface area contributed by atoms with Crippen LogP contribution in [-0.4, -0.2) is 31.2 Å². The van der Waals surface area contributed by atoms with Crippen molar-refractivity contribution in [3.8, 4) is 0 Å². The van der Waals surface area contributed by atoms with Crippen LogP contribution in [0.3, 0.4) is 0 Å². The van der Waals surface area contributed by atoms with Gasteiger partial charge in [0.25, 0.3) is 0 Å². The number of hydrogen-bond donors (Lipinski definition) is 0. The monoisotopic (exact) mass is 288 g/mol. The zero-order chi connectivity index (χ0) is 14.7. The average Bonchev–Trinajstić information content (AvgIpc) is 2.55. The Hall–Kier alpha value is -1.19. The predicted molar refractivity (Wildman–Crippen MR) is 81.4 cm³/mol. The van der Waals surface area contributed by atoms with Crippen molar-refractivity contribution in [2.45, 2.75) is 38.2 Å². The Morgan fingerprint density at radius 1 is 1.19 bits per heavy atom. The van der Waals surface area contributed by atoms with E-state index in [0.29, 0.717) is 5.92 Å². The highest BCUT2D eigenvalue weighted by Gasteiger charge is 2.41. The van der Waals surface area contributed by atoms with E-state index in [9.17, 15) is 4.79 Å². The third kappa shape index (κ3) is 3.19. The number of ketones is 1. The summed E-state index contributed by atoms with van der Waals surface area (Å²) in [4.78, 5) is 12.6. The number of carbonyl (C=O) groups is 1. The fourth-order valence-electron chi connectivity index (χ4n) is 3.66. The van der Waals surface area contributed by atoms with Gasteiger partial charge in [0.1, 0.15) is 0 Å². The number of hydrogen-bond acceptors (Lipinski definition) is 3. The molecule has 2 atom stereocenters. The van der Waals surface area contributed by atoms with Crippen molar-refractivity contribution in [3.63, 3.8) is 0 Å². The van der Waals surface area contributed by atoms with Gasteiger partial charge < -0.3 is 9.47 Å². The summed E-state index contributed by atoms with van der Waals surface area (Å²) in [6.45, 7) is 4.43. The molecule has 2 fully saturated rings. The van der Waals surface area contributed by atoms with Crippen LogP contribution >= 0.6 is 0 Å². The van der Waals surface area contributed by atoms with Gasteiger partial charge >= 0.3 is 0 Å². The summed E-state index contributed by atoms with van der Waals surface area (Å²) in [5.74, 6) is 0.755. The summed E-state index contributed by atoms with van der Waals surface area (Å²) in [5, 5.41) is 0. The molecule has 21 heavy (non-hydrogen) atoms. The first kappa shape index (κ1) is 14.7. The van der Waals surface area contributed by atoms with Gasteiger partial charge in [-0.15, -0.1) is 0 Å². The predicted octanol–water partition coefficient (Wildman–Crippen LogP) is 3.48. The van der Waals surface area contributed by atoms with Crippen molar-refractivity contribution >= 4 is 5.78 Å². The Labute approximate surface area is 126 Å². The quantitative estimate of drug-likeness (QED) is 0.799. The second kappa shape index (κ2) is 6.29. The van der Waals surface area contributed by atoms with E-state index >= 15 is 0 Å². The largest absolute Gasteiger partial charge is 0.381 e. The first-order valence-corrected chi connectivity index (χ1v) is 8.01. The number of benzene rings is 1. The Kier molecular flexibility index (Phi) is 4.41. The lowest BCUT2D eigenvalue weighted by Crippen LogP contribution is -2.46. The van der Waals surface area contributed by atoms with Crippen molar-refractivity contribution in [2.24, 2.45) is 11.8 Å². The van der Waals surface area contributed by atoms with Crippen LogP contribution in [0, 0.1) is 11.8 Å². The molecule has 2 heterocycles. The minimum Gasteiger partial charge on any atom is -0.381 e. The van der Waals surface area contributed by atoms with Crippen molar-refractivity contribution in [1.29, 1.82) is 0 Å². The summed E-state index contributed by atoms with van der Waals surface area (Å²) in [6.07, 6.45) is 3.92. The SMILES string of the molecule is CC(C(=O)c1ccccc1)C1CCOC2(CCOCC2)C1. The van der Waals surface area contributed by atoms with Crippen LogP contribution in [0.2, 0.25) is 0 Å². The van der Waals surface area contributed by atoms with Crippen LogP contribution in [0.25, 0.3) is 0 Å². The number of carbonyl (C=O) groups excluding carboxylic acids is 1. The summed E-state index contributed by atoms with van der Waals surface area (Å²) in [5.41, 5.74) is 0.796. The number of Topliss-reactive ketones (excluding diaryl/α,β-unsaturated/α-hetero) is 1. The lowest BCUT2D eigenvalue weighted by molar-refractivity contribution is -0.150. The molecule has 1 aromatic rings. The molecule has 0 aromatic heterocycles. The molecule has 0 aliphatic carbocycles. The molecule has 0 amide bonds. The van der Waals surface area contributed by atoms with E-state index in [1.54, 1.807) is 0 Å². The number of ether oxygens (including phenoxy) is 2. The molecule has 0 radical (unpaired) electrons. The topological polar surface area (TPSA) is 35.5 Å². The van der Waals surface area contributed by atoms with E-state index < -0.39 is 0 Å². The average molecular weight is 288 g/mol. The van der Waals surface area contributed by atoms with Crippen LogP contribution in [0.5, 0.6) is 0 Å². The van der Waals surface area contributed by atoms with Gasteiger partial charge in [-0.3, -0.25) is 4.79 Å². The van der Waals surface area contributed by atoms with Crippen molar-refractivity contribution in [3.05, 3.63) is 35.9 Å². The molecular weight excluding hydrogens is 264 g/mol. The maximum absolute atomic E-state index is 12.6. The molecule has 2 aliphatic heterocycles. The Morgan fingerprint density at radius 2 is 1.90 bits per heavy atom. The molecule has 0 saturated carbocycles. The van der Waals surface area contributed by atoms with Crippen LogP contribution < -0.4 is 0 Å². The van der Waals surface area contributed by atoms with Crippen LogP contribution in [-0.2, 0) is 9.47 Å². The first-order chi connectivity index (χ1) is 10.2. The summed E-state index contributed by atoms with van der Waals surface area (Å²) < 4.78 is 11.5. The second-order valence-electron chi connectivity index (χ2n) is 6.42. The van der Waals surface area contributed by atoms with Gasteiger partial charge in [-0.2, -0.15) is 0 Å². The molecule has 2 aliphatic rings. The highest BCUT2D eigenvalue weighted by Crippen LogP contribution is 2.40. The third-order valence-electron chi connectivity index (χ3n) is 5.11. The lowest BCUT2D eigenvalue weighted by atomic mass is 9.74. The zero-order valence-corrected chi connectivity index (χ0v) is 12.7. The van der Waals surface area contributed by atoms with Crippen molar-refractivity contribution in [2.75, 3.05) is 19.8 Å². The molecule has 0 bridgehead atoms. The van der Waals surface area contributed by atoms with Gasteiger partial charge in [-0.05, 0) is 31.6 Å². The normalized spacial score (nSPS) is 26.4. The summed E-state index contributed by atoms with van der Waals surface area (Å²) >= 11 is 0. The maximum Gasteiger partial charge on any atom is 0.165 e. The molecule has 3 heteroatoms. The molecule has 3 nitrogen and oxygen atoms in total. The third-order valence-corrected chi connectivity index (χ3v) is 5.11. The van der Waals surface area contributed by atoms with E-state index in [2.05, 4.69) is 6.92 Å². The van der Waals surface area contributed by atoms with Gasteiger partial charge in [0, 0.05) is 31.3 Å². The lowest BCUT2D eigenvalue weighted by Gasteiger charge is -2.44. The fourth-order valence-corrected chi connectivity index (χ4v) is 3.66. The fraction of sp³-hybridized carbons (Fsp3) is 0.611. The molecule has 0 N–H and O–H groups in total. The molecule has 2 saturated heterocycles. The van der Waals surface area contributed by atoms with Crippen LogP contribution in [0.4, 0.5) is 0 Å². The van der Waals surface area contributed by atoms with E-state index in [1.165, 1.54) is 0 Å². The summed E-state index contributed by atoms with van der Waals surface area (Å²) in [6, 6.07) is 9.66. The minimum absolute atomic E-state index is 0.0353. The zero-order valence-electron chi connectivity index (χ0n) is 12.7. The molecule has 3 rings (SSSR count). The molecular formula is C18H24O3. The van der Waals surface area contributed by atoms with E-state index in [0.717, 1.165) is 51.1 Å². The molecule has 114 valence electrons. The molecule has 1 aromatic carbocycles. The Bertz CT molecular complexity index is 471. The van der Waals surface area contributed by atoms with Crippen molar-refractivity contribution < 1.29 is 14.3 Å². The van der Waals surface area contributed by atoms with Gasteiger partial charge in [0.2, 0.25) is 0 Å². The van der Waals surface area contributed by atoms with Crippen LogP contribution in [0.15, 0.2) is 30.3 Å². The Morgan fingerprint density at radius 3 is 2.62 bits per heavy atom. The van der Waals surface area contributed by atoms with Gasteiger partial charge in [0.15, 0.2) is 5.78 Å².